The molecule has 78 valence electrons. The number of aromatic nitrogens is 1. The molecule has 2 aromatic rings. The van der Waals surface area contributed by atoms with Gasteiger partial charge in [0.15, 0.2) is 16.6 Å². The molecule has 0 amide bonds. The quantitative estimate of drug-likeness (QED) is 0.816. The van der Waals surface area contributed by atoms with Gasteiger partial charge in [0.05, 0.1) is 12.8 Å². The molecule has 0 aliphatic rings. The minimum Gasteiger partial charge on any atom is -0.504 e. The molecule has 0 bridgehead atoms. The van der Waals surface area contributed by atoms with Crippen molar-refractivity contribution in [1.29, 1.82) is 0 Å². The monoisotopic (exact) mass is 222 g/mol. The number of phenolic OH excluding ortho intramolecular Hbond substituents is 1. The second-order valence-electron chi connectivity index (χ2n) is 2.96. The third kappa shape index (κ3) is 1.87. The number of methoxy groups -OCH3 is 1. The average molecular weight is 222 g/mol. The van der Waals surface area contributed by atoms with Gasteiger partial charge in [0, 0.05) is 10.9 Å². The van der Waals surface area contributed by atoms with Crippen molar-refractivity contribution in [3.63, 3.8) is 0 Å². The molecule has 4 nitrogen and oxygen atoms in total. The molecule has 1 aromatic carbocycles. The third-order valence-corrected chi connectivity index (χ3v) is 2.67. The highest BCUT2D eigenvalue weighted by atomic mass is 32.1. The largest absolute Gasteiger partial charge is 0.504 e. The van der Waals surface area contributed by atoms with Gasteiger partial charge in [-0.25, -0.2) is 4.98 Å². The van der Waals surface area contributed by atoms with Gasteiger partial charge in [0.2, 0.25) is 0 Å². The van der Waals surface area contributed by atoms with Crippen molar-refractivity contribution in [2.45, 2.75) is 0 Å². The predicted molar refractivity (Wildman–Crippen MR) is 60.2 cm³/mol. The van der Waals surface area contributed by atoms with E-state index in [1.807, 2.05) is 5.38 Å². The van der Waals surface area contributed by atoms with Crippen molar-refractivity contribution in [2.24, 2.45) is 0 Å². The first-order chi connectivity index (χ1) is 7.20. The summed E-state index contributed by atoms with van der Waals surface area (Å²) in [4.78, 5) is 4.15. The number of hydrogen-bond donors (Lipinski definition) is 2. The second kappa shape index (κ2) is 3.78. The van der Waals surface area contributed by atoms with E-state index in [2.05, 4.69) is 4.98 Å². The summed E-state index contributed by atoms with van der Waals surface area (Å²) in [6, 6.07) is 5.07. The first-order valence-electron chi connectivity index (χ1n) is 4.29. The summed E-state index contributed by atoms with van der Waals surface area (Å²) in [6.07, 6.45) is 0. The van der Waals surface area contributed by atoms with Crippen LogP contribution in [0.1, 0.15) is 0 Å². The highest BCUT2D eigenvalue weighted by Gasteiger charge is 2.06. The van der Waals surface area contributed by atoms with E-state index < -0.39 is 0 Å². The second-order valence-corrected chi connectivity index (χ2v) is 3.85. The number of nitrogen functional groups attached to an aromatic ring is 1. The summed E-state index contributed by atoms with van der Waals surface area (Å²) in [5, 5.41) is 11.8. The van der Waals surface area contributed by atoms with Crippen molar-refractivity contribution >= 4 is 16.5 Å². The van der Waals surface area contributed by atoms with Gasteiger partial charge in [-0.1, -0.05) is 0 Å². The van der Waals surface area contributed by atoms with Crippen LogP contribution < -0.4 is 10.5 Å². The predicted octanol–water partition coefficient (Wildman–Crippen LogP) is 2.11. The Morgan fingerprint density at radius 3 is 2.87 bits per heavy atom. The maximum atomic E-state index is 9.42. The maximum absolute atomic E-state index is 9.42. The first-order valence-corrected chi connectivity index (χ1v) is 5.17. The van der Waals surface area contributed by atoms with E-state index in [0.29, 0.717) is 10.9 Å². The van der Waals surface area contributed by atoms with Gasteiger partial charge in [-0.2, -0.15) is 0 Å². The first kappa shape index (κ1) is 9.79. The van der Waals surface area contributed by atoms with Crippen LogP contribution >= 0.6 is 11.3 Å². The fraction of sp³-hybridized carbons (Fsp3) is 0.100. The van der Waals surface area contributed by atoms with Crippen LogP contribution in [0.15, 0.2) is 23.6 Å². The van der Waals surface area contributed by atoms with E-state index in [4.69, 9.17) is 10.5 Å². The van der Waals surface area contributed by atoms with Crippen LogP contribution in [0.3, 0.4) is 0 Å². The van der Waals surface area contributed by atoms with Gasteiger partial charge in [-0.15, -0.1) is 11.3 Å². The molecule has 5 heteroatoms. The Labute approximate surface area is 91.0 Å². The Balaban J connectivity index is 2.45. The smallest absolute Gasteiger partial charge is 0.180 e. The Hall–Kier alpha value is -1.75. The zero-order valence-corrected chi connectivity index (χ0v) is 8.91. The van der Waals surface area contributed by atoms with Crippen molar-refractivity contribution in [2.75, 3.05) is 12.8 Å². The van der Waals surface area contributed by atoms with E-state index in [1.165, 1.54) is 18.4 Å². The zero-order chi connectivity index (χ0) is 10.8. The third-order valence-electron chi connectivity index (χ3n) is 2.00. The lowest BCUT2D eigenvalue weighted by atomic mass is 10.1. The highest BCUT2D eigenvalue weighted by molar-refractivity contribution is 7.13. The molecular formula is C10H10N2O2S. The molecule has 1 aromatic heterocycles. The molecule has 0 spiro atoms. The average Bonchev–Trinajstić information content (AvgIpc) is 2.66. The molecule has 0 saturated heterocycles. The van der Waals surface area contributed by atoms with Crippen LogP contribution in [0.4, 0.5) is 5.13 Å². The number of aromatic hydroxyl groups is 1. The number of nitrogens with zero attached hydrogens (tertiary/aromatic N) is 1. The van der Waals surface area contributed by atoms with Crippen LogP contribution in [0.5, 0.6) is 11.5 Å². The van der Waals surface area contributed by atoms with E-state index in [9.17, 15) is 5.11 Å². The molecule has 1 heterocycles. The summed E-state index contributed by atoms with van der Waals surface area (Å²) in [6.45, 7) is 0. The summed E-state index contributed by atoms with van der Waals surface area (Å²) in [5.74, 6) is 0.545. The van der Waals surface area contributed by atoms with Gasteiger partial charge in [0.1, 0.15) is 0 Å². The molecular weight excluding hydrogens is 212 g/mol. The van der Waals surface area contributed by atoms with Crippen molar-refractivity contribution in [3.8, 4) is 22.8 Å². The standard InChI is InChI=1S/C10H10N2O2S/c1-14-9-4-6(2-3-8(9)13)7-5-15-10(11)12-7/h2-5,13H,1H3,(H2,11,12). The fourth-order valence-electron chi connectivity index (χ4n) is 1.26. The van der Waals surface area contributed by atoms with E-state index >= 15 is 0 Å². The molecule has 2 rings (SSSR count). The van der Waals surface area contributed by atoms with Gasteiger partial charge in [-0.05, 0) is 18.2 Å². The van der Waals surface area contributed by atoms with Crippen LogP contribution in [-0.4, -0.2) is 17.2 Å². The van der Waals surface area contributed by atoms with Crippen molar-refractivity contribution in [3.05, 3.63) is 23.6 Å². The number of benzene rings is 1. The molecule has 0 aliphatic carbocycles. The molecule has 0 saturated carbocycles. The topological polar surface area (TPSA) is 68.4 Å². The normalized spacial score (nSPS) is 10.2. The number of thiazole rings is 1. The Morgan fingerprint density at radius 2 is 2.27 bits per heavy atom. The van der Waals surface area contributed by atoms with Crippen LogP contribution in [0.25, 0.3) is 11.3 Å². The van der Waals surface area contributed by atoms with Crippen molar-refractivity contribution < 1.29 is 9.84 Å². The molecule has 3 N–H and O–H groups in total. The number of ether oxygens (including phenoxy) is 1. The number of rotatable bonds is 2. The lowest BCUT2D eigenvalue weighted by Crippen LogP contribution is -1.86. The van der Waals surface area contributed by atoms with Crippen LogP contribution in [-0.2, 0) is 0 Å². The molecule has 15 heavy (non-hydrogen) atoms. The van der Waals surface area contributed by atoms with Gasteiger partial charge < -0.3 is 15.6 Å². The number of nitrogens with two attached hydrogens (primary N) is 1. The van der Waals surface area contributed by atoms with Crippen molar-refractivity contribution in [1.82, 2.24) is 4.98 Å². The van der Waals surface area contributed by atoms with E-state index in [1.54, 1.807) is 18.2 Å². The summed E-state index contributed by atoms with van der Waals surface area (Å²) < 4.78 is 5.01. The minimum absolute atomic E-state index is 0.115. The summed E-state index contributed by atoms with van der Waals surface area (Å²) in [5.41, 5.74) is 7.20. The summed E-state index contributed by atoms with van der Waals surface area (Å²) >= 11 is 1.38. The highest BCUT2D eigenvalue weighted by Crippen LogP contribution is 2.32. The lowest BCUT2D eigenvalue weighted by Gasteiger charge is -2.04. The molecule has 0 radical (unpaired) electrons. The minimum atomic E-state index is 0.115. The molecule has 0 atom stereocenters. The fourth-order valence-corrected chi connectivity index (χ4v) is 1.83. The number of anilines is 1. The van der Waals surface area contributed by atoms with Gasteiger partial charge in [0.25, 0.3) is 0 Å². The molecule has 0 unspecified atom stereocenters. The molecule has 0 aliphatic heterocycles. The zero-order valence-electron chi connectivity index (χ0n) is 8.10. The number of phenols is 1. The SMILES string of the molecule is COc1cc(-c2csc(N)n2)ccc1O. The Morgan fingerprint density at radius 1 is 1.47 bits per heavy atom. The number of hydrogen-bond acceptors (Lipinski definition) is 5. The lowest BCUT2D eigenvalue weighted by molar-refractivity contribution is 0.373. The van der Waals surface area contributed by atoms with E-state index in [0.717, 1.165) is 11.3 Å². The maximum Gasteiger partial charge on any atom is 0.180 e. The van der Waals surface area contributed by atoms with Crippen LogP contribution in [0.2, 0.25) is 0 Å². The molecule has 0 fully saturated rings. The van der Waals surface area contributed by atoms with Gasteiger partial charge in [-0.3, -0.25) is 0 Å². The van der Waals surface area contributed by atoms with Crippen LogP contribution in [0, 0.1) is 0 Å². The Bertz CT molecular complexity index is 482. The Kier molecular flexibility index (Phi) is 2.47. The summed E-state index contributed by atoms with van der Waals surface area (Å²) in [7, 11) is 1.51. The van der Waals surface area contributed by atoms with E-state index in [-0.39, 0.29) is 5.75 Å². The van der Waals surface area contributed by atoms with Gasteiger partial charge >= 0.3 is 0 Å².